The second-order valence-corrected chi connectivity index (χ2v) is 3.60. The Kier molecular flexibility index (Phi) is 4.83. The van der Waals surface area contributed by atoms with Crippen LogP contribution in [0.15, 0.2) is 24.3 Å². The van der Waals surface area contributed by atoms with Crippen LogP contribution in [0.2, 0.25) is 0 Å². The van der Waals surface area contributed by atoms with Gasteiger partial charge in [-0.3, -0.25) is 4.79 Å². The summed E-state index contributed by atoms with van der Waals surface area (Å²) in [4.78, 5) is 13.6. The summed E-state index contributed by atoms with van der Waals surface area (Å²) in [6.07, 6.45) is 1.49. The van der Waals surface area contributed by atoms with Gasteiger partial charge >= 0.3 is 0 Å². The van der Waals surface area contributed by atoms with Gasteiger partial charge in [0.15, 0.2) is 0 Å². The predicted molar refractivity (Wildman–Crippen MR) is 65.9 cm³/mol. The number of anilines is 1. The average Bonchev–Trinajstić information content (AvgIpc) is 2.35. The molecule has 0 aromatic heterocycles. The number of rotatable bonds is 5. The lowest BCUT2D eigenvalue weighted by Gasteiger charge is -2.21. The van der Waals surface area contributed by atoms with Gasteiger partial charge in [0.1, 0.15) is 5.75 Å². The van der Waals surface area contributed by atoms with Gasteiger partial charge in [0.2, 0.25) is 5.91 Å². The summed E-state index contributed by atoms with van der Waals surface area (Å²) in [6, 6.07) is 7.59. The lowest BCUT2D eigenvalue weighted by molar-refractivity contribution is -0.118. The zero-order valence-corrected chi connectivity index (χ0v) is 10.2. The SMILES string of the molecule is CCCN(C(=O)CC)c1ccc(OC)cc1. The van der Waals surface area contributed by atoms with Gasteiger partial charge in [-0.25, -0.2) is 0 Å². The van der Waals surface area contributed by atoms with E-state index < -0.39 is 0 Å². The number of amides is 1. The monoisotopic (exact) mass is 221 g/mol. The van der Waals surface area contributed by atoms with E-state index in [1.54, 1.807) is 7.11 Å². The molecule has 0 saturated carbocycles. The topological polar surface area (TPSA) is 29.5 Å². The second-order valence-electron chi connectivity index (χ2n) is 3.60. The Morgan fingerprint density at radius 2 is 1.88 bits per heavy atom. The minimum atomic E-state index is 0.159. The van der Waals surface area contributed by atoms with Crippen molar-refractivity contribution in [1.29, 1.82) is 0 Å². The molecule has 0 bridgehead atoms. The molecule has 0 N–H and O–H groups in total. The van der Waals surface area contributed by atoms with E-state index in [1.165, 1.54) is 0 Å². The normalized spacial score (nSPS) is 9.94. The highest BCUT2D eigenvalue weighted by Gasteiger charge is 2.12. The van der Waals surface area contributed by atoms with E-state index in [1.807, 2.05) is 36.1 Å². The van der Waals surface area contributed by atoms with Crippen LogP contribution in [-0.2, 0) is 4.79 Å². The summed E-state index contributed by atoms with van der Waals surface area (Å²) in [5.41, 5.74) is 0.939. The standard InChI is InChI=1S/C13H19NO2/c1-4-10-14(13(15)5-2)11-6-8-12(16-3)9-7-11/h6-9H,4-5,10H2,1-3H3. The molecule has 0 heterocycles. The molecule has 0 atom stereocenters. The van der Waals surface area contributed by atoms with Crippen LogP contribution in [0.25, 0.3) is 0 Å². The second kappa shape index (κ2) is 6.16. The zero-order valence-electron chi connectivity index (χ0n) is 10.2. The third-order valence-corrected chi connectivity index (χ3v) is 2.43. The number of methoxy groups -OCH3 is 1. The fraction of sp³-hybridized carbons (Fsp3) is 0.462. The van der Waals surface area contributed by atoms with Crippen LogP contribution in [0, 0.1) is 0 Å². The lowest BCUT2D eigenvalue weighted by atomic mass is 10.2. The summed E-state index contributed by atoms with van der Waals surface area (Å²) >= 11 is 0. The molecule has 0 fully saturated rings. The molecule has 16 heavy (non-hydrogen) atoms. The van der Waals surface area contributed by atoms with E-state index in [0.717, 1.165) is 24.4 Å². The van der Waals surface area contributed by atoms with Gasteiger partial charge in [0.25, 0.3) is 0 Å². The molecule has 0 aliphatic heterocycles. The molecule has 3 heteroatoms. The largest absolute Gasteiger partial charge is 0.497 e. The fourth-order valence-corrected chi connectivity index (χ4v) is 1.57. The third kappa shape index (κ3) is 2.99. The Hall–Kier alpha value is -1.51. The van der Waals surface area contributed by atoms with Crippen LogP contribution in [0.1, 0.15) is 26.7 Å². The number of hydrogen-bond acceptors (Lipinski definition) is 2. The van der Waals surface area contributed by atoms with Crippen LogP contribution in [0.3, 0.4) is 0 Å². The summed E-state index contributed by atoms with van der Waals surface area (Å²) in [5, 5.41) is 0. The van der Waals surface area contributed by atoms with Crippen molar-refractivity contribution in [3.8, 4) is 5.75 Å². The Bertz CT molecular complexity index is 332. The molecule has 0 aliphatic carbocycles. The van der Waals surface area contributed by atoms with Gasteiger partial charge in [-0.2, -0.15) is 0 Å². The maximum absolute atomic E-state index is 11.8. The molecule has 0 unspecified atom stereocenters. The van der Waals surface area contributed by atoms with Crippen LogP contribution in [0.4, 0.5) is 5.69 Å². The van der Waals surface area contributed by atoms with Crippen molar-refractivity contribution >= 4 is 11.6 Å². The van der Waals surface area contributed by atoms with Gasteiger partial charge in [0, 0.05) is 18.7 Å². The third-order valence-electron chi connectivity index (χ3n) is 2.43. The first kappa shape index (κ1) is 12.6. The van der Waals surface area contributed by atoms with Crippen LogP contribution >= 0.6 is 0 Å². The number of benzene rings is 1. The maximum Gasteiger partial charge on any atom is 0.226 e. The molecule has 0 radical (unpaired) electrons. The van der Waals surface area contributed by atoms with Crippen LogP contribution in [0.5, 0.6) is 5.75 Å². The fourth-order valence-electron chi connectivity index (χ4n) is 1.57. The molecular weight excluding hydrogens is 202 g/mol. The van der Waals surface area contributed by atoms with Crippen molar-refractivity contribution in [3.05, 3.63) is 24.3 Å². The molecule has 0 aliphatic rings. The molecule has 1 rings (SSSR count). The number of ether oxygens (including phenoxy) is 1. The summed E-state index contributed by atoms with van der Waals surface area (Å²) in [7, 11) is 1.63. The lowest BCUT2D eigenvalue weighted by Crippen LogP contribution is -2.30. The predicted octanol–water partition coefficient (Wildman–Crippen LogP) is 2.85. The van der Waals surface area contributed by atoms with E-state index in [9.17, 15) is 4.79 Å². The van der Waals surface area contributed by atoms with Gasteiger partial charge in [-0.15, -0.1) is 0 Å². The minimum absolute atomic E-state index is 0.159. The number of carbonyl (C=O) groups is 1. The molecule has 88 valence electrons. The molecule has 0 saturated heterocycles. The smallest absolute Gasteiger partial charge is 0.226 e. The van der Waals surface area contributed by atoms with Crippen molar-refractivity contribution in [1.82, 2.24) is 0 Å². The van der Waals surface area contributed by atoms with Crippen molar-refractivity contribution in [2.75, 3.05) is 18.6 Å². The maximum atomic E-state index is 11.8. The zero-order chi connectivity index (χ0) is 12.0. The highest BCUT2D eigenvalue weighted by molar-refractivity contribution is 5.93. The minimum Gasteiger partial charge on any atom is -0.497 e. The van der Waals surface area contributed by atoms with Crippen molar-refractivity contribution in [2.45, 2.75) is 26.7 Å². The van der Waals surface area contributed by atoms with Crippen molar-refractivity contribution in [2.24, 2.45) is 0 Å². The molecule has 1 amide bonds. The molecule has 3 nitrogen and oxygen atoms in total. The Morgan fingerprint density at radius 1 is 1.25 bits per heavy atom. The van der Waals surface area contributed by atoms with Gasteiger partial charge in [-0.1, -0.05) is 13.8 Å². The van der Waals surface area contributed by atoms with Crippen molar-refractivity contribution in [3.63, 3.8) is 0 Å². The van der Waals surface area contributed by atoms with E-state index in [4.69, 9.17) is 4.74 Å². The van der Waals surface area contributed by atoms with E-state index in [2.05, 4.69) is 6.92 Å². The molecule has 1 aromatic carbocycles. The highest BCUT2D eigenvalue weighted by Crippen LogP contribution is 2.20. The van der Waals surface area contributed by atoms with E-state index in [-0.39, 0.29) is 5.91 Å². The van der Waals surface area contributed by atoms with Gasteiger partial charge in [0.05, 0.1) is 7.11 Å². The van der Waals surface area contributed by atoms with Crippen molar-refractivity contribution < 1.29 is 9.53 Å². The van der Waals surface area contributed by atoms with Crippen LogP contribution < -0.4 is 9.64 Å². The highest BCUT2D eigenvalue weighted by atomic mass is 16.5. The average molecular weight is 221 g/mol. The Labute approximate surface area is 97.0 Å². The molecule has 1 aromatic rings. The Morgan fingerprint density at radius 3 is 2.31 bits per heavy atom. The first-order valence-electron chi connectivity index (χ1n) is 5.67. The number of nitrogens with zero attached hydrogens (tertiary/aromatic N) is 1. The Balaban J connectivity index is 2.87. The first-order chi connectivity index (χ1) is 7.72. The van der Waals surface area contributed by atoms with E-state index >= 15 is 0 Å². The molecule has 0 spiro atoms. The first-order valence-corrected chi connectivity index (χ1v) is 5.67. The number of carbonyl (C=O) groups excluding carboxylic acids is 1. The van der Waals surface area contributed by atoms with Gasteiger partial charge < -0.3 is 9.64 Å². The quantitative estimate of drug-likeness (QED) is 0.765. The van der Waals surface area contributed by atoms with Crippen LogP contribution in [-0.4, -0.2) is 19.6 Å². The summed E-state index contributed by atoms with van der Waals surface area (Å²) in [6.45, 7) is 4.72. The van der Waals surface area contributed by atoms with Gasteiger partial charge in [-0.05, 0) is 30.7 Å². The summed E-state index contributed by atoms with van der Waals surface area (Å²) in [5.74, 6) is 0.969. The summed E-state index contributed by atoms with van der Waals surface area (Å²) < 4.78 is 5.09. The number of hydrogen-bond donors (Lipinski definition) is 0. The molecular formula is C13H19NO2. The van der Waals surface area contributed by atoms with E-state index in [0.29, 0.717) is 6.42 Å².